The molecule has 0 heterocycles. The number of rotatable bonds is 3. The van der Waals surface area contributed by atoms with Crippen LogP contribution in [0.25, 0.3) is 0 Å². The van der Waals surface area contributed by atoms with Crippen molar-refractivity contribution in [3.8, 4) is 0 Å². The van der Waals surface area contributed by atoms with E-state index >= 15 is 0 Å². The Bertz CT molecular complexity index is 599. The van der Waals surface area contributed by atoms with E-state index in [1.165, 1.54) is 11.1 Å². The largest absolute Gasteiger partial charge is 0.409 e. The summed E-state index contributed by atoms with van der Waals surface area (Å²) < 4.78 is 0. The Balaban J connectivity index is 1.77. The van der Waals surface area contributed by atoms with Crippen molar-refractivity contribution in [1.82, 2.24) is 4.90 Å². The molecule has 0 spiro atoms. The van der Waals surface area contributed by atoms with E-state index in [9.17, 15) is 4.79 Å². The number of amides is 1. The maximum Gasteiger partial charge on any atom is 0.226 e. The summed E-state index contributed by atoms with van der Waals surface area (Å²) in [6, 6.07) is 8.02. The van der Waals surface area contributed by atoms with E-state index in [0.717, 1.165) is 12.8 Å². The van der Waals surface area contributed by atoms with E-state index in [0.29, 0.717) is 11.8 Å². The van der Waals surface area contributed by atoms with Gasteiger partial charge in [0.05, 0.1) is 6.04 Å². The fraction of sp³-hybridized carbons (Fsp3) is 0.500. The zero-order valence-electron chi connectivity index (χ0n) is 12.4. The van der Waals surface area contributed by atoms with Crippen molar-refractivity contribution in [2.75, 3.05) is 7.05 Å². The number of likely N-dealkylation sites (N-methyl/N-ethyl adjacent to an activating group) is 1. The first kappa shape index (κ1) is 13.9. The number of nitrogens with two attached hydrogens (primary N) is 1. The number of benzene rings is 1. The predicted octanol–water partition coefficient (Wildman–Crippen LogP) is 1.56. The minimum absolute atomic E-state index is 0.0487. The van der Waals surface area contributed by atoms with E-state index in [1.54, 1.807) is 18.9 Å². The summed E-state index contributed by atoms with van der Waals surface area (Å²) in [5.41, 5.74) is 8.31. The Labute approximate surface area is 124 Å². The maximum absolute atomic E-state index is 12.7. The number of hydrogen-bond donors (Lipinski definition) is 2. The zero-order valence-corrected chi connectivity index (χ0v) is 12.4. The first-order valence-corrected chi connectivity index (χ1v) is 7.38. The molecule has 0 aliphatic heterocycles. The van der Waals surface area contributed by atoms with Gasteiger partial charge in [-0.15, -0.1) is 0 Å². The first-order chi connectivity index (χ1) is 10.1. The number of oxime groups is 1. The highest BCUT2D eigenvalue weighted by molar-refractivity contribution is 5.91. The molecule has 5 heteroatoms. The minimum atomic E-state index is -0.389. The van der Waals surface area contributed by atoms with Gasteiger partial charge in [-0.1, -0.05) is 29.4 Å². The van der Waals surface area contributed by atoms with Crippen molar-refractivity contribution in [1.29, 1.82) is 0 Å². The molecule has 0 saturated heterocycles. The van der Waals surface area contributed by atoms with E-state index in [4.69, 9.17) is 10.9 Å². The molecule has 3 N–H and O–H groups in total. The van der Waals surface area contributed by atoms with E-state index in [1.807, 2.05) is 6.07 Å². The van der Waals surface area contributed by atoms with Crippen LogP contribution in [-0.2, 0) is 11.2 Å². The van der Waals surface area contributed by atoms with E-state index in [-0.39, 0.29) is 23.7 Å². The predicted molar refractivity (Wildman–Crippen MR) is 80.1 cm³/mol. The van der Waals surface area contributed by atoms with Crippen molar-refractivity contribution in [2.24, 2.45) is 22.7 Å². The second kappa shape index (κ2) is 5.06. The monoisotopic (exact) mass is 287 g/mol. The molecule has 112 valence electrons. The van der Waals surface area contributed by atoms with Gasteiger partial charge in [0.1, 0.15) is 0 Å². The minimum Gasteiger partial charge on any atom is -0.409 e. The second-order valence-electron chi connectivity index (χ2n) is 6.10. The molecular formula is C16H21N3O2. The van der Waals surface area contributed by atoms with Crippen LogP contribution in [0.5, 0.6) is 0 Å². The summed E-state index contributed by atoms with van der Waals surface area (Å²) in [6.07, 6.45) is 2.13. The van der Waals surface area contributed by atoms with Crippen LogP contribution < -0.4 is 5.73 Å². The van der Waals surface area contributed by atoms with Gasteiger partial charge in [0.25, 0.3) is 0 Å². The summed E-state index contributed by atoms with van der Waals surface area (Å²) in [6.45, 7) is 1.77. The average molecular weight is 287 g/mol. The van der Waals surface area contributed by atoms with Crippen LogP contribution in [0.1, 0.15) is 30.4 Å². The number of hydrogen-bond acceptors (Lipinski definition) is 3. The molecule has 2 aliphatic carbocycles. The van der Waals surface area contributed by atoms with Crippen molar-refractivity contribution >= 4 is 11.7 Å². The van der Waals surface area contributed by atoms with Crippen LogP contribution in [0.4, 0.5) is 0 Å². The highest BCUT2D eigenvalue weighted by Crippen LogP contribution is 2.60. The maximum atomic E-state index is 12.7. The summed E-state index contributed by atoms with van der Waals surface area (Å²) in [7, 11) is 1.72. The molecule has 1 saturated carbocycles. The molecule has 4 unspecified atom stereocenters. The normalized spacial score (nSPS) is 28.3. The third-order valence-electron chi connectivity index (χ3n) is 5.09. The number of carbonyl (C=O) groups excluding carboxylic acids is 1. The van der Waals surface area contributed by atoms with Crippen LogP contribution >= 0.6 is 0 Å². The quantitative estimate of drug-likeness (QED) is 0.383. The fourth-order valence-electron chi connectivity index (χ4n) is 3.61. The van der Waals surface area contributed by atoms with E-state index < -0.39 is 0 Å². The van der Waals surface area contributed by atoms with Gasteiger partial charge >= 0.3 is 0 Å². The molecule has 1 aromatic rings. The number of nitrogens with zero attached hydrogens (tertiary/aromatic N) is 2. The Morgan fingerprint density at radius 2 is 2.19 bits per heavy atom. The van der Waals surface area contributed by atoms with Crippen LogP contribution in [0.3, 0.4) is 0 Å². The molecule has 0 radical (unpaired) electrons. The van der Waals surface area contributed by atoms with Crippen LogP contribution in [0.2, 0.25) is 0 Å². The third-order valence-corrected chi connectivity index (χ3v) is 5.09. The summed E-state index contributed by atoms with van der Waals surface area (Å²) in [4.78, 5) is 14.3. The van der Waals surface area contributed by atoms with Crippen LogP contribution in [-0.4, -0.2) is 34.9 Å². The van der Waals surface area contributed by atoms with Crippen molar-refractivity contribution in [2.45, 2.75) is 31.7 Å². The highest BCUT2D eigenvalue weighted by atomic mass is 16.4. The molecule has 0 bridgehead atoms. The van der Waals surface area contributed by atoms with Gasteiger partial charge in [0.15, 0.2) is 5.84 Å². The molecule has 1 aromatic carbocycles. The van der Waals surface area contributed by atoms with Gasteiger partial charge in [-0.3, -0.25) is 4.79 Å². The summed E-state index contributed by atoms with van der Waals surface area (Å²) in [5, 5.41) is 11.8. The SMILES string of the molecule is CC(/C(N)=N/O)N(C)C(=O)C1C2CCc3ccccc3C21. The fourth-order valence-corrected chi connectivity index (χ4v) is 3.61. The van der Waals surface area contributed by atoms with Gasteiger partial charge in [-0.2, -0.15) is 0 Å². The molecule has 1 fully saturated rings. The smallest absolute Gasteiger partial charge is 0.226 e. The molecule has 0 aromatic heterocycles. The Morgan fingerprint density at radius 3 is 2.90 bits per heavy atom. The standard InChI is InChI=1S/C16H21N3O2/c1-9(15(17)18-21)19(2)16(20)14-12-8-7-10-5-3-4-6-11(10)13(12)14/h3-6,9,12-14,21H,7-8H2,1-2H3,(H2,17,18). The third kappa shape index (κ3) is 2.17. The van der Waals surface area contributed by atoms with Gasteiger partial charge < -0.3 is 15.8 Å². The molecule has 2 aliphatic rings. The lowest BCUT2D eigenvalue weighted by molar-refractivity contribution is -0.132. The van der Waals surface area contributed by atoms with E-state index in [2.05, 4.69) is 23.4 Å². The average Bonchev–Trinajstić information content (AvgIpc) is 3.26. The van der Waals surface area contributed by atoms with Crippen molar-refractivity contribution < 1.29 is 10.0 Å². The Morgan fingerprint density at radius 1 is 1.48 bits per heavy atom. The lowest BCUT2D eigenvalue weighted by Crippen LogP contribution is -2.44. The molecule has 3 rings (SSSR count). The lowest BCUT2D eigenvalue weighted by atomic mass is 9.92. The van der Waals surface area contributed by atoms with Crippen LogP contribution in [0.15, 0.2) is 29.4 Å². The Hall–Kier alpha value is -2.04. The van der Waals surface area contributed by atoms with Gasteiger partial charge in [-0.05, 0) is 42.7 Å². The molecule has 21 heavy (non-hydrogen) atoms. The Kier molecular flexibility index (Phi) is 3.35. The topological polar surface area (TPSA) is 78.9 Å². The number of carbonyl (C=O) groups is 1. The van der Waals surface area contributed by atoms with Crippen LogP contribution in [0, 0.1) is 11.8 Å². The number of amidine groups is 1. The van der Waals surface area contributed by atoms with Gasteiger partial charge in [0.2, 0.25) is 5.91 Å². The summed E-state index contributed by atoms with van der Waals surface area (Å²) >= 11 is 0. The zero-order chi connectivity index (χ0) is 15.1. The molecule has 4 atom stereocenters. The van der Waals surface area contributed by atoms with Gasteiger partial charge in [-0.25, -0.2) is 0 Å². The second-order valence-corrected chi connectivity index (χ2v) is 6.10. The molecule has 5 nitrogen and oxygen atoms in total. The highest BCUT2D eigenvalue weighted by Gasteiger charge is 2.57. The summed E-state index contributed by atoms with van der Waals surface area (Å²) in [5.74, 6) is 1.02. The lowest BCUT2D eigenvalue weighted by Gasteiger charge is -2.24. The van der Waals surface area contributed by atoms with Gasteiger partial charge in [0, 0.05) is 13.0 Å². The number of fused-ring (bicyclic) bond motifs is 3. The molecular weight excluding hydrogens is 266 g/mol. The van der Waals surface area contributed by atoms with Crippen molar-refractivity contribution in [3.63, 3.8) is 0 Å². The molecule has 1 amide bonds. The van der Waals surface area contributed by atoms with Crippen molar-refractivity contribution in [3.05, 3.63) is 35.4 Å². The number of aryl methyl sites for hydroxylation is 1. The first-order valence-electron chi connectivity index (χ1n) is 7.38.